The highest BCUT2D eigenvalue weighted by atomic mass is 32.1. The molecule has 0 aliphatic heterocycles. The van der Waals surface area contributed by atoms with Crippen LogP contribution in [0.25, 0.3) is 0 Å². The summed E-state index contributed by atoms with van der Waals surface area (Å²) in [6, 6.07) is -0.0163. The van der Waals surface area contributed by atoms with Crippen molar-refractivity contribution in [1.82, 2.24) is 10.3 Å². The van der Waals surface area contributed by atoms with Gasteiger partial charge in [-0.3, -0.25) is 4.79 Å². The SMILES string of the molecule is C/C=C/C(=O)NC(C)c1ncc(C)s1. The van der Waals surface area contributed by atoms with Gasteiger partial charge in [-0.1, -0.05) is 6.08 Å². The van der Waals surface area contributed by atoms with Gasteiger partial charge in [0.15, 0.2) is 0 Å². The molecular formula is C10H14N2OS. The maximum atomic E-state index is 11.2. The van der Waals surface area contributed by atoms with Gasteiger partial charge in [-0.2, -0.15) is 0 Å². The van der Waals surface area contributed by atoms with Crippen LogP contribution in [0.2, 0.25) is 0 Å². The third-order valence-corrected chi connectivity index (χ3v) is 2.78. The molecule has 1 rings (SSSR count). The molecule has 0 saturated heterocycles. The molecular weight excluding hydrogens is 196 g/mol. The first-order valence-corrected chi connectivity index (χ1v) is 5.30. The fraction of sp³-hybridized carbons (Fsp3) is 0.400. The topological polar surface area (TPSA) is 42.0 Å². The Hall–Kier alpha value is -1.16. The van der Waals surface area contributed by atoms with Crippen molar-refractivity contribution in [3.63, 3.8) is 0 Å². The van der Waals surface area contributed by atoms with Crippen molar-refractivity contribution in [2.45, 2.75) is 26.8 Å². The smallest absolute Gasteiger partial charge is 0.244 e. The number of hydrogen-bond donors (Lipinski definition) is 1. The highest BCUT2D eigenvalue weighted by Crippen LogP contribution is 2.18. The Balaban J connectivity index is 2.58. The summed E-state index contributed by atoms with van der Waals surface area (Å²) in [4.78, 5) is 16.6. The third-order valence-electron chi connectivity index (χ3n) is 1.69. The highest BCUT2D eigenvalue weighted by molar-refractivity contribution is 7.11. The molecule has 0 saturated carbocycles. The lowest BCUT2D eigenvalue weighted by molar-refractivity contribution is -0.117. The van der Waals surface area contributed by atoms with E-state index in [1.807, 2.05) is 27.0 Å². The number of carbonyl (C=O) groups excluding carboxylic acids is 1. The molecule has 0 aliphatic rings. The molecule has 1 amide bonds. The Bertz CT molecular complexity index is 344. The molecule has 1 aromatic rings. The van der Waals surface area contributed by atoms with Crippen LogP contribution in [0, 0.1) is 6.92 Å². The lowest BCUT2D eigenvalue weighted by Gasteiger charge is -2.08. The van der Waals surface area contributed by atoms with Crippen LogP contribution < -0.4 is 5.32 Å². The molecule has 76 valence electrons. The Morgan fingerprint density at radius 3 is 2.93 bits per heavy atom. The molecule has 0 fully saturated rings. The van der Waals surface area contributed by atoms with E-state index in [-0.39, 0.29) is 11.9 Å². The average Bonchev–Trinajstić information content (AvgIpc) is 2.52. The predicted octanol–water partition coefficient (Wildman–Crippen LogP) is 2.20. The minimum Gasteiger partial charge on any atom is -0.344 e. The van der Waals surface area contributed by atoms with E-state index in [1.165, 1.54) is 6.08 Å². The quantitative estimate of drug-likeness (QED) is 0.777. The monoisotopic (exact) mass is 210 g/mol. The van der Waals surface area contributed by atoms with E-state index >= 15 is 0 Å². The van der Waals surface area contributed by atoms with Gasteiger partial charge in [-0.25, -0.2) is 4.98 Å². The summed E-state index contributed by atoms with van der Waals surface area (Å²) in [5.74, 6) is -0.0761. The standard InChI is InChI=1S/C10H14N2OS/c1-4-5-9(13)12-8(3)10-11-6-7(2)14-10/h4-6,8H,1-3H3,(H,12,13)/b5-4+. The number of aromatic nitrogens is 1. The van der Waals surface area contributed by atoms with E-state index in [0.29, 0.717) is 0 Å². The zero-order chi connectivity index (χ0) is 10.6. The van der Waals surface area contributed by atoms with Crippen molar-refractivity contribution in [3.8, 4) is 0 Å². The molecule has 1 aromatic heterocycles. The van der Waals surface area contributed by atoms with Crippen LogP contribution in [0.3, 0.4) is 0 Å². The summed E-state index contributed by atoms with van der Waals surface area (Å²) in [7, 11) is 0. The van der Waals surface area contributed by atoms with Crippen molar-refractivity contribution >= 4 is 17.2 Å². The van der Waals surface area contributed by atoms with Crippen LogP contribution in [0.5, 0.6) is 0 Å². The summed E-state index contributed by atoms with van der Waals surface area (Å²) in [5, 5.41) is 3.78. The van der Waals surface area contributed by atoms with E-state index in [0.717, 1.165) is 9.88 Å². The number of thiazole rings is 1. The number of nitrogens with one attached hydrogen (secondary N) is 1. The van der Waals surface area contributed by atoms with Gasteiger partial charge < -0.3 is 5.32 Å². The predicted molar refractivity (Wildman–Crippen MR) is 58.2 cm³/mol. The minimum atomic E-state index is -0.0761. The van der Waals surface area contributed by atoms with Gasteiger partial charge in [0.25, 0.3) is 0 Å². The van der Waals surface area contributed by atoms with Gasteiger partial charge in [0.05, 0.1) is 6.04 Å². The van der Waals surface area contributed by atoms with Crippen molar-refractivity contribution < 1.29 is 4.79 Å². The minimum absolute atomic E-state index is 0.0163. The van der Waals surface area contributed by atoms with Crippen LogP contribution in [0.1, 0.15) is 29.8 Å². The number of aryl methyl sites for hydroxylation is 1. The van der Waals surface area contributed by atoms with Crippen LogP contribution in [0.4, 0.5) is 0 Å². The number of carbonyl (C=O) groups is 1. The van der Waals surface area contributed by atoms with Gasteiger partial charge in [-0.05, 0) is 26.8 Å². The van der Waals surface area contributed by atoms with Gasteiger partial charge in [0.2, 0.25) is 5.91 Å². The molecule has 1 unspecified atom stereocenters. The molecule has 0 spiro atoms. The van der Waals surface area contributed by atoms with Crippen molar-refractivity contribution in [3.05, 3.63) is 28.2 Å². The second kappa shape index (κ2) is 4.91. The van der Waals surface area contributed by atoms with Gasteiger partial charge in [0, 0.05) is 11.1 Å². The molecule has 1 atom stereocenters. The Kier molecular flexibility index (Phi) is 3.83. The summed E-state index contributed by atoms with van der Waals surface area (Å²) in [6.07, 6.45) is 5.05. The zero-order valence-corrected chi connectivity index (χ0v) is 9.39. The molecule has 0 bridgehead atoms. The zero-order valence-electron chi connectivity index (χ0n) is 8.57. The molecule has 0 radical (unpaired) electrons. The van der Waals surface area contributed by atoms with Crippen molar-refractivity contribution in [2.24, 2.45) is 0 Å². The molecule has 3 nitrogen and oxygen atoms in total. The number of hydrogen-bond acceptors (Lipinski definition) is 3. The lowest BCUT2D eigenvalue weighted by Crippen LogP contribution is -2.24. The van der Waals surface area contributed by atoms with E-state index in [4.69, 9.17) is 0 Å². The maximum absolute atomic E-state index is 11.2. The maximum Gasteiger partial charge on any atom is 0.244 e. The van der Waals surface area contributed by atoms with Gasteiger partial charge in [-0.15, -0.1) is 11.3 Å². The Labute approximate surface area is 87.9 Å². The first-order chi connectivity index (χ1) is 6.63. The fourth-order valence-electron chi connectivity index (χ4n) is 1.05. The summed E-state index contributed by atoms with van der Waals surface area (Å²) >= 11 is 1.61. The van der Waals surface area contributed by atoms with E-state index < -0.39 is 0 Å². The highest BCUT2D eigenvalue weighted by Gasteiger charge is 2.10. The fourth-order valence-corrected chi connectivity index (χ4v) is 1.82. The third kappa shape index (κ3) is 2.96. The van der Waals surface area contributed by atoms with Crippen molar-refractivity contribution in [2.75, 3.05) is 0 Å². The van der Waals surface area contributed by atoms with Crippen LogP contribution in [0.15, 0.2) is 18.3 Å². The Morgan fingerprint density at radius 1 is 1.71 bits per heavy atom. The second-order valence-electron chi connectivity index (χ2n) is 3.04. The van der Waals surface area contributed by atoms with Gasteiger partial charge >= 0.3 is 0 Å². The number of allylic oxidation sites excluding steroid dienone is 1. The number of amides is 1. The molecule has 4 heteroatoms. The van der Waals surface area contributed by atoms with E-state index in [9.17, 15) is 4.79 Å². The van der Waals surface area contributed by atoms with Crippen LogP contribution >= 0.6 is 11.3 Å². The van der Waals surface area contributed by atoms with E-state index in [1.54, 1.807) is 17.4 Å². The number of rotatable bonds is 3. The first kappa shape index (κ1) is 10.9. The van der Waals surface area contributed by atoms with Crippen LogP contribution in [-0.2, 0) is 4.79 Å². The summed E-state index contributed by atoms with van der Waals surface area (Å²) < 4.78 is 0. The summed E-state index contributed by atoms with van der Waals surface area (Å²) in [5.41, 5.74) is 0. The first-order valence-electron chi connectivity index (χ1n) is 4.49. The molecule has 0 aliphatic carbocycles. The Morgan fingerprint density at radius 2 is 2.43 bits per heavy atom. The molecule has 14 heavy (non-hydrogen) atoms. The molecule has 1 N–H and O–H groups in total. The summed E-state index contributed by atoms with van der Waals surface area (Å²) in [6.45, 7) is 5.75. The van der Waals surface area contributed by atoms with Gasteiger partial charge in [0.1, 0.15) is 5.01 Å². The normalized spacial score (nSPS) is 13.1. The average molecular weight is 210 g/mol. The molecule has 0 aromatic carbocycles. The molecule has 1 heterocycles. The lowest BCUT2D eigenvalue weighted by atomic mass is 10.3. The van der Waals surface area contributed by atoms with Crippen molar-refractivity contribution in [1.29, 1.82) is 0 Å². The van der Waals surface area contributed by atoms with Crippen LogP contribution in [-0.4, -0.2) is 10.9 Å². The largest absolute Gasteiger partial charge is 0.344 e. The number of nitrogens with zero attached hydrogens (tertiary/aromatic N) is 1. The second-order valence-corrected chi connectivity index (χ2v) is 4.31. The van der Waals surface area contributed by atoms with E-state index in [2.05, 4.69) is 10.3 Å².